The third kappa shape index (κ3) is 6.38. The molecule has 2 atom stereocenters. The van der Waals surface area contributed by atoms with Crippen molar-refractivity contribution in [1.82, 2.24) is 10.6 Å². The molecular formula is C22H31IN4O. The Kier molecular flexibility index (Phi) is 9.57. The van der Waals surface area contributed by atoms with Crippen LogP contribution in [0.3, 0.4) is 0 Å². The summed E-state index contributed by atoms with van der Waals surface area (Å²) in [6, 6.07) is 21.2. The van der Waals surface area contributed by atoms with Crippen LogP contribution in [0.5, 0.6) is 0 Å². The molecule has 1 saturated heterocycles. The van der Waals surface area contributed by atoms with Crippen molar-refractivity contribution in [3.63, 3.8) is 0 Å². The average molecular weight is 494 g/mol. The summed E-state index contributed by atoms with van der Waals surface area (Å²) < 4.78 is 5.64. The second-order valence-corrected chi connectivity index (χ2v) is 6.77. The monoisotopic (exact) mass is 494 g/mol. The molecule has 6 heteroatoms. The van der Waals surface area contributed by atoms with Gasteiger partial charge >= 0.3 is 0 Å². The Labute approximate surface area is 185 Å². The SMILES string of the molecule is CCNC(=NCC(OC)c1ccccc1)NC1CCN(c2ccccc2)C1.I. The first-order valence-electron chi connectivity index (χ1n) is 9.72. The lowest BCUT2D eigenvalue weighted by Crippen LogP contribution is -2.44. The standard InChI is InChI=1S/C22H30N4O.HI/c1-3-23-22(24-16-21(27-2)18-10-6-4-7-11-18)25-19-14-15-26(17-19)20-12-8-5-9-13-20;/h4-13,19,21H,3,14-17H2,1-2H3,(H2,23,24,25);1H. The highest BCUT2D eigenvalue weighted by Crippen LogP contribution is 2.20. The molecule has 28 heavy (non-hydrogen) atoms. The summed E-state index contributed by atoms with van der Waals surface area (Å²) in [6.07, 6.45) is 1.07. The molecule has 2 aromatic carbocycles. The van der Waals surface area contributed by atoms with Gasteiger partial charge in [0.25, 0.3) is 0 Å². The van der Waals surface area contributed by atoms with Crippen LogP contribution in [0.25, 0.3) is 0 Å². The Morgan fingerprint density at radius 2 is 1.82 bits per heavy atom. The third-order valence-electron chi connectivity index (χ3n) is 4.87. The number of hydrogen-bond donors (Lipinski definition) is 2. The quantitative estimate of drug-likeness (QED) is 0.349. The first kappa shape index (κ1) is 22.5. The fraction of sp³-hybridized carbons (Fsp3) is 0.409. The van der Waals surface area contributed by atoms with Gasteiger partial charge in [-0.15, -0.1) is 24.0 Å². The van der Waals surface area contributed by atoms with Crippen LogP contribution in [0.4, 0.5) is 5.69 Å². The Hall–Kier alpha value is -1.80. The molecule has 2 unspecified atom stereocenters. The number of nitrogens with one attached hydrogen (secondary N) is 2. The topological polar surface area (TPSA) is 48.9 Å². The van der Waals surface area contributed by atoms with Crippen LogP contribution < -0.4 is 15.5 Å². The van der Waals surface area contributed by atoms with Crippen molar-refractivity contribution in [2.75, 3.05) is 38.2 Å². The van der Waals surface area contributed by atoms with Gasteiger partial charge in [-0.3, -0.25) is 4.99 Å². The number of para-hydroxylation sites is 1. The summed E-state index contributed by atoms with van der Waals surface area (Å²) in [5.41, 5.74) is 2.43. The number of aliphatic imine (C=N–C) groups is 1. The lowest BCUT2D eigenvalue weighted by atomic mass is 10.1. The number of ether oxygens (including phenoxy) is 1. The van der Waals surface area contributed by atoms with Gasteiger partial charge in [-0.05, 0) is 31.0 Å². The second kappa shape index (κ2) is 11.9. The number of benzene rings is 2. The summed E-state index contributed by atoms with van der Waals surface area (Å²) in [5, 5.41) is 6.95. The molecule has 1 aliphatic rings. The van der Waals surface area contributed by atoms with Gasteiger partial charge in [-0.2, -0.15) is 0 Å². The van der Waals surface area contributed by atoms with E-state index < -0.39 is 0 Å². The predicted molar refractivity (Wildman–Crippen MR) is 128 cm³/mol. The van der Waals surface area contributed by atoms with Gasteiger partial charge in [0.1, 0.15) is 6.10 Å². The van der Waals surface area contributed by atoms with Gasteiger partial charge in [-0.25, -0.2) is 0 Å². The first-order valence-corrected chi connectivity index (χ1v) is 9.72. The van der Waals surface area contributed by atoms with Gasteiger partial charge in [0.05, 0.1) is 6.54 Å². The van der Waals surface area contributed by atoms with Crippen LogP contribution in [-0.4, -0.2) is 45.3 Å². The molecule has 0 amide bonds. The number of anilines is 1. The summed E-state index contributed by atoms with van der Waals surface area (Å²) >= 11 is 0. The molecule has 2 aromatic rings. The van der Waals surface area contributed by atoms with Crippen LogP contribution in [0, 0.1) is 0 Å². The maximum absolute atomic E-state index is 5.64. The van der Waals surface area contributed by atoms with E-state index >= 15 is 0 Å². The molecule has 3 rings (SSSR count). The molecule has 1 heterocycles. The Morgan fingerprint density at radius 1 is 1.14 bits per heavy atom. The van der Waals surface area contributed by atoms with Gasteiger partial charge in [0.15, 0.2) is 5.96 Å². The summed E-state index contributed by atoms with van der Waals surface area (Å²) in [5.74, 6) is 0.857. The molecule has 0 radical (unpaired) electrons. The third-order valence-corrected chi connectivity index (χ3v) is 4.87. The molecule has 0 spiro atoms. The van der Waals surface area contributed by atoms with Crippen molar-refractivity contribution in [3.05, 3.63) is 66.2 Å². The molecule has 0 aliphatic carbocycles. The zero-order valence-electron chi connectivity index (χ0n) is 16.7. The van der Waals surface area contributed by atoms with Crippen molar-refractivity contribution in [2.45, 2.75) is 25.5 Å². The molecule has 2 N–H and O–H groups in total. The van der Waals surface area contributed by atoms with E-state index in [1.54, 1.807) is 7.11 Å². The number of guanidine groups is 1. The average Bonchev–Trinajstić information content (AvgIpc) is 3.18. The second-order valence-electron chi connectivity index (χ2n) is 6.77. The lowest BCUT2D eigenvalue weighted by molar-refractivity contribution is 0.111. The van der Waals surface area contributed by atoms with Crippen molar-refractivity contribution in [3.8, 4) is 0 Å². The first-order chi connectivity index (χ1) is 13.3. The van der Waals surface area contributed by atoms with E-state index in [0.717, 1.165) is 37.6 Å². The van der Waals surface area contributed by atoms with Crippen LogP contribution in [-0.2, 0) is 4.74 Å². The molecule has 1 fully saturated rings. The maximum atomic E-state index is 5.64. The lowest BCUT2D eigenvalue weighted by Gasteiger charge is -2.21. The van der Waals surface area contributed by atoms with E-state index in [-0.39, 0.29) is 30.1 Å². The number of nitrogens with zero attached hydrogens (tertiary/aromatic N) is 2. The fourth-order valence-electron chi connectivity index (χ4n) is 3.42. The van der Waals surface area contributed by atoms with Crippen molar-refractivity contribution in [2.24, 2.45) is 4.99 Å². The highest BCUT2D eigenvalue weighted by Gasteiger charge is 2.23. The smallest absolute Gasteiger partial charge is 0.191 e. The molecule has 1 aliphatic heterocycles. The summed E-state index contributed by atoms with van der Waals surface area (Å²) in [4.78, 5) is 7.19. The van der Waals surface area contributed by atoms with E-state index in [1.807, 2.05) is 18.2 Å². The van der Waals surface area contributed by atoms with Gasteiger partial charge in [-0.1, -0.05) is 48.5 Å². The number of halogens is 1. The number of hydrogen-bond acceptors (Lipinski definition) is 3. The molecule has 0 bridgehead atoms. The zero-order valence-corrected chi connectivity index (χ0v) is 19.0. The molecular weight excluding hydrogens is 463 g/mol. The minimum absolute atomic E-state index is 0. The Balaban J connectivity index is 0.00000280. The fourth-order valence-corrected chi connectivity index (χ4v) is 3.42. The molecule has 0 saturated carbocycles. The van der Waals surface area contributed by atoms with Gasteiger partial charge < -0.3 is 20.3 Å². The van der Waals surface area contributed by atoms with E-state index in [1.165, 1.54) is 5.69 Å². The van der Waals surface area contributed by atoms with Crippen LogP contribution in [0.2, 0.25) is 0 Å². The van der Waals surface area contributed by atoms with Crippen LogP contribution >= 0.6 is 24.0 Å². The van der Waals surface area contributed by atoms with E-state index in [4.69, 9.17) is 9.73 Å². The van der Waals surface area contributed by atoms with Gasteiger partial charge in [0, 0.05) is 38.5 Å². The molecule has 0 aromatic heterocycles. The summed E-state index contributed by atoms with van der Waals surface area (Å²) in [7, 11) is 1.74. The van der Waals surface area contributed by atoms with E-state index in [0.29, 0.717) is 12.6 Å². The highest BCUT2D eigenvalue weighted by atomic mass is 127. The van der Waals surface area contributed by atoms with Crippen LogP contribution in [0.15, 0.2) is 65.7 Å². The molecule has 5 nitrogen and oxygen atoms in total. The minimum atomic E-state index is -0.0361. The van der Waals surface area contributed by atoms with Crippen LogP contribution in [0.1, 0.15) is 25.0 Å². The normalized spacial score (nSPS) is 17.7. The zero-order chi connectivity index (χ0) is 18.9. The largest absolute Gasteiger partial charge is 0.375 e. The van der Waals surface area contributed by atoms with Gasteiger partial charge in [0.2, 0.25) is 0 Å². The number of methoxy groups -OCH3 is 1. The van der Waals surface area contributed by atoms with E-state index in [2.05, 4.69) is 64.9 Å². The summed E-state index contributed by atoms with van der Waals surface area (Å²) in [6.45, 7) is 5.56. The van der Waals surface area contributed by atoms with Crippen molar-refractivity contribution >= 4 is 35.6 Å². The van der Waals surface area contributed by atoms with Crippen molar-refractivity contribution < 1.29 is 4.74 Å². The van der Waals surface area contributed by atoms with E-state index in [9.17, 15) is 0 Å². The highest BCUT2D eigenvalue weighted by molar-refractivity contribution is 14.0. The molecule has 152 valence electrons. The Morgan fingerprint density at radius 3 is 2.46 bits per heavy atom. The predicted octanol–water partition coefficient (Wildman–Crippen LogP) is 3.83. The Bertz CT molecular complexity index is 711. The minimum Gasteiger partial charge on any atom is -0.375 e. The maximum Gasteiger partial charge on any atom is 0.191 e. The number of rotatable bonds is 7. The van der Waals surface area contributed by atoms with Crippen molar-refractivity contribution in [1.29, 1.82) is 0 Å².